The van der Waals surface area contributed by atoms with Crippen molar-refractivity contribution in [3.63, 3.8) is 0 Å². The Balaban J connectivity index is 1.61. The molecule has 0 heterocycles. The fourth-order valence-electron chi connectivity index (χ4n) is 3.58. The Bertz CT molecular complexity index is 1190. The molecule has 0 radical (unpaired) electrons. The average molecular weight is 526 g/mol. The highest BCUT2D eigenvalue weighted by atomic mass is 35.5. The summed E-state index contributed by atoms with van der Waals surface area (Å²) in [4.78, 5) is 24.4. The topological polar surface area (TPSA) is 94.1 Å². The van der Waals surface area contributed by atoms with E-state index in [1.54, 1.807) is 69.3 Å². The quantitative estimate of drug-likeness (QED) is 0.338. The molecule has 0 aliphatic rings. The predicted molar refractivity (Wildman–Crippen MR) is 142 cm³/mol. The summed E-state index contributed by atoms with van der Waals surface area (Å²) in [6.45, 7) is 5.78. The first kappa shape index (κ1) is 28.2. The molecule has 7 nitrogen and oxygen atoms in total. The van der Waals surface area contributed by atoms with E-state index in [4.69, 9.17) is 25.8 Å². The number of methoxy groups -OCH3 is 1. The molecule has 196 valence electrons. The Morgan fingerprint density at radius 1 is 0.973 bits per heavy atom. The molecule has 0 fully saturated rings. The number of hydrogen-bond donors (Lipinski definition) is 2. The summed E-state index contributed by atoms with van der Waals surface area (Å²) >= 11 is 6.08. The van der Waals surface area contributed by atoms with Gasteiger partial charge in [0.05, 0.1) is 12.7 Å². The fourth-order valence-corrected chi connectivity index (χ4v) is 3.78. The lowest BCUT2D eigenvalue weighted by Crippen LogP contribution is -2.46. The van der Waals surface area contributed by atoms with Gasteiger partial charge in [0.1, 0.15) is 29.2 Å². The van der Waals surface area contributed by atoms with Crippen LogP contribution in [0.15, 0.2) is 72.8 Å². The van der Waals surface area contributed by atoms with Gasteiger partial charge in [-0.2, -0.15) is 0 Å². The van der Waals surface area contributed by atoms with Crippen LogP contribution in [0.25, 0.3) is 0 Å². The van der Waals surface area contributed by atoms with Gasteiger partial charge in [0.15, 0.2) is 0 Å². The number of ether oxygens (including phenoxy) is 3. The van der Waals surface area contributed by atoms with E-state index >= 15 is 0 Å². The van der Waals surface area contributed by atoms with Crippen molar-refractivity contribution in [2.75, 3.05) is 13.7 Å². The zero-order chi connectivity index (χ0) is 27.0. The molecule has 37 heavy (non-hydrogen) atoms. The minimum absolute atomic E-state index is 0.404. The van der Waals surface area contributed by atoms with Crippen LogP contribution >= 0.6 is 11.6 Å². The molecule has 3 aromatic carbocycles. The molecule has 2 atom stereocenters. The Labute approximate surface area is 222 Å². The van der Waals surface area contributed by atoms with Gasteiger partial charge in [0.25, 0.3) is 0 Å². The molecule has 1 unspecified atom stereocenters. The maximum atomic E-state index is 12.9. The van der Waals surface area contributed by atoms with Crippen LogP contribution in [-0.2, 0) is 20.7 Å². The van der Waals surface area contributed by atoms with Gasteiger partial charge in [-0.1, -0.05) is 35.9 Å². The van der Waals surface area contributed by atoms with Crippen molar-refractivity contribution < 1.29 is 28.9 Å². The smallest absolute Gasteiger partial charge is 0.337 e. The number of rotatable bonds is 10. The molecule has 3 aromatic rings. The van der Waals surface area contributed by atoms with Crippen molar-refractivity contribution in [3.05, 3.63) is 94.5 Å². The SMILES string of the molecule is COC(=O)c1ccc(Oc2ccc(CCNC(C(=O)OC(C)(C)C)[C@H](O)c3cccc(Cl)c3)cc2)cc1. The first-order chi connectivity index (χ1) is 17.6. The van der Waals surface area contributed by atoms with Crippen LogP contribution in [0.4, 0.5) is 0 Å². The molecule has 0 amide bonds. The van der Waals surface area contributed by atoms with Crippen molar-refractivity contribution in [1.82, 2.24) is 5.32 Å². The Morgan fingerprint density at radius 3 is 2.16 bits per heavy atom. The molecule has 0 aliphatic carbocycles. The second kappa shape index (κ2) is 12.7. The lowest BCUT2D eigenvalue weighted by atomic mass is 10.0. The Hall–Kier alpha value is -3.39. The third-order valence-electron chi connectivity index (χ3n) is 5.38. The highest BCUT2D eigenvalue weighted by Gasteiger charge is 2.32. The van der Waals surface area contributed by atoms with E-state index in [2.05, 4.69) is 5.32 Å². The summed E-state index contributed by atoms with van der Waals surface area (Å²) in [5.74, 6) is 0.295. The molecule has 8 heteroatoms. The largest absolute Gasteiger partial charge is 0.465 e. The summed E-state index contributed by atoms with van der Waals surface area (Å²) in [6.07, 6.45) is -0.523. The third kappa shape index (κ3) is 8.60. The lowest BCUT2D eigenvalue weighted by Gasteiger charge is -2.27. The summed E-state index contributed by atoms with van der Waals surface area (Å²) in [5, 5.41) is 14.6. The summed E-state index contributed by atoms with van der Waals surface area (Å²) in [6, 6.07) is 20.0. The normalized spacial score (nSPS) is 12.9. The highest BCUT2D eigenvalue weighted by molar-refractivity contribution is 6.30. The Morgan fingerprint density at radius 2 is 1.59 bits per heavy atom. The number of carbonyl (C=O) groups excluding carboxylic acids is 2. The van der Waals surface area contributed by atoms with Gasteiger partial charge in [-0.3, -0.25) is 4.79 Å². The van der Waals surface area contributed by atoms with Gasteiger partial charge in [-0.15, -0.1) is 0 Å². The van der Waals surface area contributed by atoms with Crippen LogP contribution in [0.5, 0.6) is 11.5 Å². The maximum Gasteiger partial charge on any atom is 0.337 e. The van der Waals surface area contributed by atoms with E-state index < -0.39 is 29.7 Å². The highest BCUT2D eigenvalue weighted by Crippen LogP contribution is 2.24. The number of esters is 2. The molecular weight excluding hydrogens is 494 g/mol. The van der Waals surface area contributed by atoms with E-state index in [1.165, 1.54) is 7.11 Å². The molecule has 0 aliphatic heterocycles. The third-order valence-corrected chi connectivity index (χ3v) is 5.61. The van der Waals surface area contributed by atoms with Gasteiger partial charge in [0, 0.05) is 11.6 Å². The van der Waals surface area contributed by atoms with Gasteiger partial charge in [-0.25, -0.2) is 4.79 Å². The van der Waals surface area contributed by atoms with E-state index in [-0.39, 0.29) is 0 Å². The van der Waals surface area contributed by atoms with Crippen LogP contribution in [-0.4, -0.2) is 42.3 Å². The molecule has 0 aromatic heterocycles. The number of aliphatic hydroxyl groups is 1. The van der Waals surface area contributed by atoms with Gasteiger partial charge in [0.2, 0.25) is 0 Å². The molecule has 2 N–H and O–H groups in total. The van der Waals surface area contributed by atoms with Crippen LogP contribution in [0.2, 0.25) is 5.02 Å². The van der Waals surface area contributed by atoms with Gasteiger partial charge >= 0.3 is 11.9 Å². The first-order valence-corrected chi connectivity index (χ1v) is 12.3. The van der Waals surface area contributed by atoms with Crippen molar-refractivity contribution in [3.8, 4) is 11.5 Å². The number of hydrogen-bond acceptors (Lipinski definition) is 7. The monoisotopic (exact) mass is 525 g/mol. The predicted octanol–water partition coefficient (Wildman–Crippen LogP) is 5.49. The number of aliphatic hydroxyl groups excluding tert-OH is 1. The second-order valence-corrected chi connectivity index (χ2v) is 9.91. The van der Waals surface area contributed by atoms with E-state index in [0.29, 0.717) is 40.6 Å². The standard InChI is InChI=1S/C29H32ClNO6/c1-29(2,3)37-28(34)25(26(32)21-6-5-7-22(30)18-21)31-17-16-19-8-12-23(13-9-19)36-24-14-10-20(11-15-24)27(33)35-4/h5-15,18,25-26,31-32H,16-17H2,1-4H3/t25?,26-/m1/s1. The molecule has 0 bridgehead atoms. The zero-order valence-electron chi connectivity index (χ0n) is 21.4. The Kier molecular flexibility index (Phi) is 9.69. The number of benzene rings is 3. The van der Waals surface area contributed by atoms with Crippen LogP contribution in [0.3, 0.4) is 0 Å². The van der Waals surface area contributed by atoms with E-state index in [1.807, 2.05) is 24.3 Å². The van der Waals surface area contributed by atoms with Gasteiger partial charge in [-0.05, 0) is 86.8 Å². The minimum Gasteiger partial charge on any atom is -0.465 e. The summed E-state index contributed by atoms with van der Waals surface area (Å²) in [5.41, 5.74) is 1.29. The van der Waals surface area contributed by atoms with Crippen molar-refractivity contribution >= 4 is 23.5 Å². The van der Waals surface area contributed by atoms with Crippen molar-refractivity contribution in [1.29, 1.82) is 0 Å². The molecular formula is C29H32ClNO6. The van der Waals surface area contributed by atoms with E-state index in [0.717, 1.165) is 5.56 Å². The number of carbonyl (C=O) groups is 2. The lowest BCUT2D eigenvalue weighted by molar-refractivity contribution is -0.160. The molecule has 0 saturated heterocycles. The molecule has 0 spiro atoms. The zero-order valence-corrected chi connectivity index (χ0v) is 22.1. The number of nitrogens with one attached hydrogen (secondary N) is 1. The van der Waals surface area contributed by atoms with Crippen molar-refractivity contribution in [2.45, 2.75) is 44.9 Å². The van der Waals surface area contributed by atoms with Crippen LogP contribution in [0.1, 0.15) is 48.4 Å². The van der Waals surface area contributed by atoms with Crippen LogP contribution < -0.4 is 10.1 Å². The number of halogens is 1. The second-order valence-electron chi connectivity index (χ2n) is 9.48. The van der Waals surface area contributed by atoms with E-state index in [9.17, 15) is 14.7 Å². The average Bonchev–Trinajstić information content (AvgIpc) is 2.86. The summed E-state index contributed by atoms with van der Waals surface area (Å²) in [7, 11) is 1.34. The minimum atomic E-state index is -1.13. The van der Waals surface area contributed by atoms with Crippen LogP contribution in [0, 0.1) is 0 Å². The maximum absolute atomic E-state index is 12.9. The molecule has 0 saturated carbocycles. The summed E-state index contributed by atoms with van der Waals surface area (Å²) < 4.78 is 16.1. The fraction of sp³-hybridized carbons (Fsp3) is 0.310. The molecule has 3 rings (SSSR count). The van der Waals surface area contributed by atoms with Gasteiger partial charge < -0.3 is 24.6 Å². The van der Waals surface area contributed by atoms with Crippen molar-refractivity contribution in [2.24, 2.45) is 0 Å². The first-order valence-electron chi connectivity index (χ1n) is 11.9.